The van der Waals surface area contributed by atoms with Crippen LogP contribution in [0.1, 0.15) is 11.6 Å². The number of amides is 1. The van der Waals surface area contributed by atoms with Gasteiger partial charge < -0.3 is 35.0 Å². The van der Waals surface area contributed by atoms with Gasteiger partial charge in [-0.1, -0.05) is 34.5 Å². The van der Waals surface area contributed by atoms with Gasteiger partial charge in [-0.3, -0.25) is 4.79 Å². The summed E-state index contributed by atoms with van der Waals surface area (Å²) >= 11 is 12.5. The third-order valence-electron chi connectivity index (χ3n) is 7.60. The molecule has 3 aromatic rings. The van der Waals surface area contributed by atoms with Crippen LogP contribution in [0.25, 0.3) is 11.3 Å². The number of hydrogen-bond acceptors (Lipinski definition) is 9. The van der Waals surface area contributed by atoms with Crippen LogP contribution in [0.4, 0.5) is 14.5 Å². The Kier molecular flexibility index (Phi) is 9.11. The molecule has 0 bridgehead atoms. The number of anilines is 1. The van der Waals surface area contributed by atoms with Crippen molar-refractivity contribution in [2.24, 2.45) is 0 Å². The first-order chi connectivity index (χ1) is 20.0. The lowest BCUT2D eigenvalue weighted by Crippen LogP contribution is -2.63. The molecule has 2 aromatic carbocycles. The van der Waals surface area contributed by atoms with Gasteiger partial charge in [0, 0.05) is 41.5 Å². The fourth-order valence-corrected chi connectivity index (χ4v) is 5.98. The smallest absolute Gasteiger partial charge is 0.259 e. The summed E-state index contributed by atoms with van der Waals surface area (Å²) in [7, 11) is 1.30. The molecule has 4 N–H and O–H groups in total. The number of β-amino-alcohol motifs (C(OH)–C–C–N with tert-alkyl or cyclic N) is 1. The number of aliphatic hydroxyl groups excluding tert-OH is 3. The number of aryl methyl sites for hydroxylation is 1. The van der Waals surface area contributed by atoms with Crippen LogP contribution in [0.15, 0.2) is 36.5 Å². The number of hydrogen-bond donors (Lipinski definition) is 4. The summed E-state index contributed by atoms with van der Waals surface area (Å²) < 4.78 is 41.7. The molecule has 2 aliphatic rings. The summed E-state index contributed by atoms with van der Waals surface area (Å²) in [6.45, 7) is 1.21. The lowest BCUT2D eigenvalue weighted by molar-refractivity contribution is -0.211. The molecule has 2 saturated heterocycles. The molecule has 2 aliphatic heterocycles. The van der Waals surface area contributed by atoms with Crippen LogP contribution < -0.4 is 10.2 Å². The van der Waals surface area contributed by atoms with Gasteiger partial charge in [-0.05, 0) is 36.8 Å². The topological polar surface area (TPSA) is 142 Å². The average molecular weight is 628 g/mol. The molecule has 0 unspecified atom stereocenters. The van der Waals surface area contributed by atoms with Crippen LogP contribution in [0.3, 0.4) is 0 Å². The first kappa shape index (κ1) is 30.7. The van der Waals surface area contributed by atoms with Gasteiger partial charge in [0.05, 0.1) is 24.9 Å². The summed E-state index contributed by atoms with van der Waals surface area (Å²) in [4.78, 5) is 15.6. The zero-order chi connectivity index (χ0) is 30.3. The number of nitrogens with one attached hydrogen (secondary N) is 1. The number of nitrogens with zero attached hydrogens (tertiary/aromatic N) is 4. The quantitative estimate of drug-likeness (QED) is 0.309. The molecule has 0 saturated carbocycles. The molecule has 7 atom stereocenters. The minimum atomic E-state index is -1.45. The van der Waals surface area contributed by atoms with E-state index in [9.17, 15) is 28.9 Å². The largest absolute Gasteiger partial charge is 0.394 e. The Labute approximate surface area is 249 Å². The van der Waals surface area contributed by atoms with Crippen LogP contribution in [0.5, 0.6) is 0 Å². The lowest BCUT2D eigenvalue weighted by Gasteiger charge is -2.45. The second-order valence-corrected chi connectivity index (χ2v) is 11.1. The average Bonchev–Trinajstić information content (AvgIpc) is 3.60. The molecule has 5 rings (SSSR count). The molecule has 15 heteroatoms. The summed E-state index contributed by atoms with van der Waals surface area (Å²) in [5.41, 5.74) is 0.215. The van der Waals surface area contributed by atoms with Gasteiger partial charge in [-0.15, -0.1) is 5.10 Å². The van der Waals surface area contributed by atoms with Crippen molar-refractivity contribution >= 4 is 34.8 Å². The van der Waals surface area contributed by atoms with Crippen LogP contribution in [0, 0.1) is 18.6 Å². The van der Waals surface area contributed by atoms with Crippen molar-refractivity contribution < 1.29 is 38.4 Å². The van der Waals surface area contributed by atoms with Crippen molar-refractivity contribution in [3.05, 3.63) is 63.8 Å². The third-order valence-corrected chi connectivity index (χ3v) is 8.03. The van der Waals surface area contributed by atoms with E-state index in [1.54, 1.807) is 0 Å². The van der Waals surface area contributed by atoms with Crippen LogP contribution in [-0.2, 0) is 14.3 Å². The van der Waals surface area contributed by atoms with Gasteiger partial charge in [-0.25, -0.2) is 13.5 Å². The predicted octanol–water partition coefficient (Wildman–Crippen LogP) is 1.88. The van der Waals surface area contributed by atoms with E-state index in [-0.39, 0.29) is 45.6 Å². The molecule has 2 fully saturated rings. The maximum atomic E-state index is 14.7. The molecular weight excluding hydrogens is 599 g/mol. The van der Waals surface area contributed by atoms with Crippen molar-refractivity contribution in [2.45, 2.75) is 49.5 Å². The van der Waals surface area contributed by atoms with Crippen LogP contribution >= 0.6 is 23.2 Å². The number of aliphatic hydroxyl groups is 3. The van der Waals surface area contributed by atoms with E-state index in [0.29, 0.717) is 0 Å². The molecule has 226 valence electrons. The summed E-state index contributed by atoms with van der Waals surface area (Å²) in [6, 6.07) is 5.36. The number of aromatic nitrogens is 3. The Morgan fingerprint density at radius 2 is 1.90 bits per heavy atom. The van der Waals surface area contributed by atoms with Gasteiger partial charge in [0.25, 0.3) is 5.91 Å². The van der Waals surface area contributed by atoms with Crippen molar-refractivity contribution in [1.29, 1.82) is 0 Å². The SMILES string of the molecule is CO[C@@H]1[C@@H](n2cc(-c3ccc(C)c(F)c3F)nn2)[C@@H](O)[C@@H](CO)O[C@H]1C(=O)N(c1cc(Cl)cc(Cl)c1)[C@H]1CNC[C@@H]1O. The molecule has 1 amide bonds. The van der Waals surface area contributed by atoms with E-state index in [2.05, 4.69) is 15.6 Å². The normalized spacial score (nSPS) is 27.8. The van der Waals surface area contributed by atoms with Crippen LogP contribution in [-0.4, -0.2) is 99.6 Å². The third kappa shape index (κ3) is 5.63. The number of carbonyl (C=O) groups excluding carboxylic acids is 1. The summed E-state index contributed by atoms with van der Waals surface area (Å²) in [5, 5.41) is 43.5. The van der Waals surface area contributed by atoms with Gasteiger partial charge in [0.15, 0.2) is 17.7 Å². The van der Waals surface area contributed by atoms with Crippen molar-refractivity contribution in [1.82, 2.24) is 20.3 Å². The van der Waals surface area contributed by atoms with Crippen LogP contribution in [0.2, 0.25) is 10.0 Å². The van der Waals surface area contributed by atoms with E-state index in [4.69, 9.17) is 32.7 Å². The zero-order valence-electron chi connectivity index (χ0n) is 22.5. The Bertz CT molecular complexity index is 1440. The number of halogens is 4. The Balaban J connectivity index is 1.55. The molecule has 0 radical (unpaired) electrons. The number of benzene rings is 2. The van der Waals surface area contributed by atoms with Crippen molar-refractivity contribution in [3.63, 3.8) is 0 Å². The Morgan fingerprint density at radius 3 is 2.52 bits per heavy atom. The van der Waals surface area contributed by atoms with E-state index >= 15 is 0 Å². The second-order valence-electron chi connectivity index (χ2n) is 10.2. The highest BCUT2D eigenvalue weighted by Crippen LogP contribution is 2.36. The number of ether oxygens (including phenoxy) is 2. The predicted molar refractivity (Wildman–Crippen MR) is 148 cm³/mol. The van der Waals surface area contributed by atoms with Gasteiger partial charge in [0.2, 0.25) is 0 Å². The second kappa shape index (κ2) is 12.5. The molecular formula is C27H29Cl2F2N5O6. The molecule has 1 aromatic heterocycles. The number of rotatable bonds is 7. The van der Waals surface area contributed by atoms with Crippen molar-refractivity contribution in [3.8, 4) is 11.3 Å². The molecule has 42 heavy (non-hydrogen) atoms. The molecule has 3 heterocycles. The van der Waals surface area contributed by atoms with E-state index in [1.807, 2.05) is 0 Å². The van der Waals surface area contributed by atoms with Gasteiger partial charge in [0.1, 0.15) is 30.0 Å². The highest BCUT2D eigenvalue weighted by molar-refractivity contribution is 6.35. The first-order valence-electron chi connectivity index (χ1n) is 13.1. The molecule has 0 spiro atoms. The minimum Gasteiger partial charge on any atom is -0.394 e. The summed E-state index contributed by atoms with van der Waals surface area (Å²) in [6.07, 6.45) is -5.04. The maximum absolute atomic E-state index is 14.7. The molecule has 0 aliphatic carbocycles. The zero-order valence-corrected chi connectivity index (χ0v) is 24.0. The standard InChI is InChI=1S/C27H29Cl2F2N5O6/c1-12-3-4-16(22(31)21(12)30)17-10-35(34-33-17)23-24(39)20(11-37)42-26(25(23)41-2)27(40)36(18-8-32-9-19(18)38)15-6-13(28)5-14(29)7-15/h3-7,10,18-20,23-26,32,37-39H,8-9,11H2,1-2H3/t18-,19-,20+,23-,24-,25+,26+/m0/s1. The Hall–Kier alpha value is -2.75. The highest BCUT2D eigenvalue weighted by Gasteiger charge is 2.52. The van der Waals surface area contributed by atoms with Gasteiger partial charge >= 0.3 is 0 Å². The van der Waals surface area contributed by atoms with E-state index in [1.165, 1.54) is 60.1 Å². The van der Waals surface area contributed by atoms with E-state index in [0.717, 1.165) is 0 Å². The fraction of sp³-hybridized carbons (Fsp3) is 0.444. The molecule has 11 nitrogen and oxygen atoms in total. The lowest BCUT2D eigenvalue weighted by atomic mass is 9.91. The first-order valence-corrected chi connectivity index (χ1v) is 13.8. The summed E-state index contributed by atoms with van der Waals surface area (Å²) in [5.74, 6) is -2.81. The Morgan fingerprint density at radius 1 is 1.19 bits per heavy atom. The fourth-order valence-electron chi connectivity index (χ4n) is 5.46. The number of carbonyl (C=O) groups is 1. The highest BCUT2D eigenvalue weighted by atomic mass is 35.5. The van der Waals surface area contributed by atoms with Crippen molar-refractivity contribution in [2.75, 3.05) is 31.7 Å². The maximum Gasteiger partial charge on any atom is 0.259 e. The minimum absolute atomic E-state index is 0.0290. The number of methoxy groups -OCH3 is 1. The van der Waals surface area contributed by atoms with Gasteiger partial charge in [-0.2, -0.15) is 0 Å². The monoisotopic (exact) mass is 627 g/mol. The van der Waals surface area contributed by atoms with E-state index < -0.39 is 66.8 Å².